The molecule has 2 aromatic heterocycles. The highest BCUT2D eigenvalue weighted by molar-refractivity contribution is 7.15. The molecule has 20 heavy (non-hydrogen) atoms. The molecule has 2 aromatic rings. The summed E-state index contributed by atoms with van der Waals surface area (Å²) >= 11 is 1.37. The second-order valence-electron chi connectivity index (χ2n) is 4.84. The first-order valence-electron chi connectivity index (χ1n) is 6.71. The van der Waals surface area contributed by atoms with Gasteiger partial charge in [0.25, 0.3) is 11.5 Å². The van der Waals surface area contributed by atoms with Gasteiger partial charge in [-0.05, 0) is 25.9 Å². The molecule has 1 aliphatic rings. The fourth-order valence-corrected chi connectivity index (χ4v) is 3.08. The van der Waals surface area contributed by atoms with Crippen molar-refractivity contribution < 1.29 is 4.79 Å². The van der Waals surface area contributed by atoms with E-state index in [0.29, 0.717) is 11.5 Å². The van der Waals surface area contributed by atoms with Gasteiger partial charge in [0.1, 0.15) is 5.56 Å². The maximum Gasteiger partial charge on any atom is 0.271 e. The highest BCUT2D eigenvalue weighted by Crippen LogP contribution is 2.06. The third-order valence-corrected chi connectivity index (χ3v) is 4.27. The highest BCUT2D eigenvalue weighted by atomic mass is 32.1. The molecule has 0 aromatic carbocycles. The number of aromatic nitrogens is 2. The smallest absolute Gasteiger partial charge is 0.271 e. The molecule has 3 rings (SSSR count). The Morgan fingerprint density at radius 1 is 1.40 bits per heavy atom. The Bertz CT molecular complexity index is 672. The van der Waals surface area contributed by atoms with Crippen molar-refractivity contribution in [2.75, 3.05) is 26.2 Å². The van der Waals surface area contributed by atoms with Crippen LogP contribution < -0.4 is 10.9 Å². The number of carbonyl (C=O) groups excluding carboxylic acids is 1. The SMILES string of the molecule is O=C(NCCN1CCCC1)c1cnc2sccn2c1=O. The fraction of sp³-hybridized carbons (Fsp3) is 0.462. The molecule has 1 saturated heterocycles. The molecule has 1 amide bonds. The minimum atomic E-state index is -0.345. The molecule has 7 heteroatoms. The number of likely N-dealkylation sites (tertiary alicyclic amines) is 1. The average Bonchev–Trinajstić information content (AvgIpc) is 3.09. The predicted molar refractivity (Wildman–Crippen MR) is 77.3 cm³/mol. The topological polar surface area (TPSA) is 66.7 Å². The lowest BCUT2D eigenvalue weighted by atomic mass is 10.3. The summed E-state index contributed by atoms with van der Waals surface area (Å²) in [6, 6.07) is 0. The van der Waals surface area contributed by atoms with E-state index in [1.54, 1.807) is 11.6 Å². The fourth-order valence-electron chi connectivity index (χ4n) is 2.41. The van der Waals surface area contributed by atoms with E-state index in [9.17, 15) is 9.59 Å². The Morgan fingerprint density at radius 3 is 3.00 bits per heavy atom. The quantitative estimate of drug-likeness (QED) is 0.895. The van der Waals surface area contributed by atoms with Crippen LogP contribution in [0.25, 0.3) is 4.96 Å². The molecule has 1 N–H and O–H groups in total. The van der Waals surface area contributed by atoms with Crippen LogP contribution in [0.5, 0.6) is 0 Å². The molecule has 0 aliphatic carbocycles. The van der Waals surface area contributed by atoms with Gasteiger partial charge in [0, 0.05) is 30.9 Å². The van der Waals surface area contributed by atoms with Gasteiger partial charge in [0.2, 0.25) is 0 Å². The van der Waals surface area contributed by atoms with Gasteiger partial charge in [0.15, 0.2) is 4.96 Å². The van der Waals surface area contributed by atoms with Crippen molar-refractivity contribution in [2.24, 2.45) is 0 Å². The molecule has 0 saturated carbocycles. The largest absolute Gasteiger partial charge is 0.351 e. The summed E-state index contributed by atoms with van der Waals surface area (Å²) in [5, 5.41) is 4.57. The van der Waals surface area contributed by atoms with E-state index in [2.05, 4.69) is 15.2 Å². The summed E-state index contributed by atoms with van der Waals surface area (Å²) < 4.78 is 1.40. The molecule has 1 aliphatic heterocycles. The van der Waals surface area contributed by atoms with Gasteiger partial charge in [-0.15, -0.1) is 11.3 Å². The molecular weight excluding hydrogens is 276 g/mol. The number of thiazole rings is 1. The van der Waals surface area contributed by atoms with Crippen LogP contribution in [0.1, 0.15) is 23.2 Å². The molecule has 0 atom stereocenters. The zero-order valence-corrected chi connectivity index (χ0v) is 11.9. The number of nitrogens with zero attached hydrogens (tertiary/aromatic N) is 3. The lowest BCUT2D eigenvalue weighted by molar-refractivity contribution is 0.0947. The zero-order valence-electron chi connectivity index (χ0n) is 11.0. The maximum absolute atomic E-state index is 12.1. The summed E-state index contributed by atoms with van der Waals surface area (Å²) in [7, 11) is 0. The predicted octanol–water partition coefficient (Wildman–Crippen LogP) is 0.582. The van der Waals surface area contributed by atoms with Gasteiger partial charge in [-0.1, -0.05) is 0 Å². The van der Waals surface area contributed by atoms with Crippen molar-refractivity contribution >= 4 is 22.2 Å². The number of nitrogens with one attached hydrogen (secondary N) is 1. The summed E-state index contributed by atoms with van der Waals surface area (Å²) in [6.45, 7) is 3.59. The Kier molecular flexibility index (Phi) is 3.79. The molecule has 0 bridgehead atoms. The van der Waals surface area contributed by atoms with E-state index in [0.717, 1.165) is 19.6 Å². The van der Waals surface area contributed by atoms with Crippen molar-refractivity contribution in [3.05, 3.63) is 33.7 Å². The first-order chi connectivity index (χ1) is 9.75. The molecule has 0 unspecified atom stereocenters. The van der Waals surface area contributed by atoms with E-state index < -0.39 is 0 Å². The van der Waals surface area contributed by atoms with E-state index in [4.69, 9.17) is 0 Å². The Hall–Kier alpha value is -1.73. The van der Waals surface area contributed by atoms with Crippen LogP contribution in [0.4, 0.5) is 0 Å². The summed E-state index contributed by atoms with van der Waals surface area (Å²) in [4.78, 5) is 31.2. The number of amides is 1. The normalized spacial score (nSPS) is 15.8. The lowest BCUT2D eigenvalue weighted by Crippen LogP contribution is -2.36. The maximum atomic E-state index is 12.1. The lowest BCUT2D eigenvalue weighted by Gasteiger charge is -2.14. The summed E-state index contributed by atoms with van der Waals surface area (Å²) in [5.74, 6) is -0.345. The first kappa shape index (κ1) is 13.3. The highest BCUT2D eigenvalue weighted by Gasteiger charge is 2.15. The van der Waals surface area contributed by atoms with E-state index in [1.165, 1.54) is 34.8 Å². The van der Waals surface area contributed by atoms with Gasteiger partial charge < -0.3 is 10.2 Å². The van der Waals surface area contributed by atoms with Crippen LogP contribution in [0.2, 0.25) is 0 Å². The van der Waals surface area contributed by atoms with Crippen molar-refractivity contribution in [1.82, 2.24) is 19.6 Å². The molecule has 1 fully saturated rings. The number of hydrogen-bond donors (Lipinski definition) is 1. The summed E-state index contributed by atoms with van der Waals surface area (Å²) in [6.07, 6.45) is 5.46. The van der Waals surface area contributed by atoms with E-state index in [-0.39, 0.29) is 17.0 Å². The van der Waals surface area contributed by atoms with Crippen LogP contribution in [0.3, 0.4) is 0 Å². The van der Waals surface area contributed by atoms with Gasteiger partial charge in [-0.25, -0.2) is 4.98 Å². The van der Waals surface area contributed by atoms with E-state index >= 15 is 0 Å². The zero-order chi connectivity index (χ0) is 13.9. The summed E-state index contributed by atoms with van der Waals surface area (Å²) in [5.41, 5.74) is -0.211. The van der Waals surface area contributed by atoms with Gasteiger partial charge >= 0.3 is 0 Å². The molecule has 6 nitrogen and oxygen atoms in total. The number of hydrogen-bond acceptors (Lipinski definition) is 5. The molecule has 0 radical (unpaired) electrons. The van der Waals surface area contributed by atoms with E-state index in [1.807, 2.05) is 0 Å². The molecular formula is C13H16N4O2S. The van der Waals surface area contributed by atoms with Crippen LogP contribution in [-0.2, 0) is 0 Å². The number of carbonyl (C=O) groups is 1. The van der Waals surface area contributed by atoms with Gasteiger partial charge in [-0.3, -0.25) is 14.0 Å². The van der Waals surface area contributed by atoms with Crippen molar-refractivity contribution in [3.63, 3.8) is 0 Å². The Morgan fingerprint density at radius 2 is 2.20 bits per heavy atom. The minimum Gasteiger partial charge on any atom is -0.351 e. The van der Waals surface area contributed by atoms with Gasteiger partial charge in [0.05, 0.1) is 0 Å². The Balaban J connectivity index is 1.65. The number of rotatable bonds is 4. The third kappa shape index (κ3) is 2.59. The second kappa shape index (κ2) is 5.72. The first-order valence-corrected chi connectivity index (χ1v) is 7.59. The standard InChI is InChI=1S/C13H16N4O2S/c18-11(14-3-6-16-4-1-2-5-16)10-9-15-13-17(12(10)19)7-8-20-13/h7-9H,1-6H2,(H,14,18). The second-order valence-corrected chi connectivity index (χ2v) is 5.71. The van der Waals surface area contributed by atoms with Crippen molar-refractivity contribution in [2.45, 2.75) is 12.8 Å². The van der Waals surface area contributed by atoms with Gasteiger partial charge in [-0.2, -0.15) is 0 Å². The van der Waals surface area contributed by atoms with Crippen LogP contribution in [0, 0.1) is 0 Å². The minimum absolute atomic E-state index is 0.0994. The van der Waals surface area contributed by atoms with Crippen LogP contribution >= 0.6 is 11.3 Å². The Labute approximate surface area is 120 Å². The molecule has 106 valence electrons. The van der Waals surface area contributed by atoms with Crippen molar-refractivity contribution in [3.8, 4) is 0 Å². The molecule has 3 heterocycles. The van der Waals surface area contributed by atoms with Crippen molar-refractivity contribution in [1.29, 1.82) is 0 Å². The van der Waals surface area contributed by atoms with Crippen LogP contribution in [-0.4, -0.2) is 46.4 Å². The molecule has 0 spiro atoms. The van der Waals surface area contributed by atoms with Crippen LogP contribution in [0.15, 0.2) is 22.6 Å². The third-order valence-electron chi connectivity index (χ3n) is 3.50. The number of fused-ring (bicyclic) bond motifs is 1. The monoisotopic (exact) mass is 292 g/mol. The average molecular weight is 292 g/mol.